The molecule has 1 aromatic rings. The number of guanidine groups is 1. The first-order chi connectivity index (χ1) is 9.07. The van der Waals surface area contributed by atoms with E-state index >= 15 is 0 Å². The molecule has 0 amide bonds. The molecule has 1 aromatic carbocycles. The van der Waals surface area contributed by atoms with E-state index in [1.807, 2.05) is 38.1 Å². The highest BCUT2D eigenvalue weighted by Gasteiger charge is 2.63. The third-order valence-corrected chi connectivity index (χ3v) is 3.83. The van der Waals surface area contributed by atoms with Crippen LogP contribution in [0.25, 0.3) is 0 Å². The molecular formula is C15H21N3O. The van der Waals surface area contributed by atoms with Crippen LogP contribution in [0.15, 0.2) is 29.3 Å². The average molecular weight is 259 g/mol. The number of benzene rings is 1. The van der Waals surface area contributed by atoms with E-state index in [0.29, 0.717) is 17.4 Å². The summed E-state index contributed by atoms with van der Waals surface area (Å²) in [5.74, 6) is 1.39. The van der Waals surface area contributed by atoms with E-state index in [0.717, 1.165) is 11.4 Å². The van der Waals surface area contributed by atoms with Crippen molar-refractivity contribution in [2.45, 2.75) is 45.3 Å². The Morgan fingerprint density at radius 3 is 2.58 bits per heavy atom. The number of nitrogens with two attached hydrogens (primary N) is 1. The third kappa shape index (κ3) is 2.83. The summed E-state index contributed by atoms with van der Waals surface area (Å²) < 4.78 is 5.59. The van der Waals surface area contributed by atoms with Gasteiger partial charge in [-0.25, -0.2) is 4.99 Å². The molecule has 1 spiro atoms. The Hall–Kier alpha value is -1.71. The topological polar surface area (TPSA) is 59.6 Å². The Labute approximate surface area is 114 Å². The minimum atomic E-state index is 0.190. The average Bonchev–Trinajstić information content (AvgIpc) is 3.23. The number of nitrogens with zero attached hydrogens (tertiary/aromatic N) is 1. The monoisotopic (exact) mass is 259 g/mol. The number of nitrogens with one attached hydrogen (secondary N) is 1. The molecule has 4 nitrogen and oxygen atoms in total. The van der Waals surface area contributed by atoms with E-state index in [1.54, 1.807) is 0 Å². The molecule has 1 unspecified atom stereocenters. The lowest BCUT2D eigenvalue weighted by Crippen LogP contribution is -2.23. The lowest BCUT2D eigenvalue weighted by atomic mass is 10.3. The fraction of sp³-hybridized carbons (Fsp3) is 0.533. The van der Waals surface area contributed by atoms with Gasteiger partial charge >= 0.3 is 0 Å². The number of rotatable bonds is 4. The van der Waals surface area contributed by atoms with Crippen LogP contribution in [0.4, 0.5) is 5.69 Å². The second kappa shape index (κ2) is 4.44. The molecule has 102 valence electrons. The smallest absolute Gasteiger partial charge is 0.193 e. The molecule has 0 heterocycles. The molecule has 19 heavy (non-hydrogen) atoms. The maximum atomic E-state index is 5.92. The molecule has 2 saturated carbocycles. The van der Waals surface area contributed by atoms with Crippen molar-refractivity contribution in [3.05, 3.63) is 24.3 Å². The van der Waals surface area contributed by atoms with Gasteiger partial charge in [-0.05, 0) is 62.8 Å². The first-order valence-corrected chi connectivity index (χ1v) is 6.94. The molecule has 1 atom stereocenters. The molecule has 4 heteroatoms. The third-order valence-electron chi connectivity index (χ3n) is 3.83. The van der Waals surface area contributed by atoms with Crippen LogP contribution >= 0.6 is 0 Å². The second-order valence-corrected chi connectivity index (χ2v) is 5.91. The lowest BCUT2D eigenvalue weighted by Gasteiger charge is -2.10. The Bertz CT molecular complexity index is 489. The van der Waals surface area contributed by atoms with Crippen molar-refractivity contribution < 1.29 is 4.74 Å². The molecule has 2 fully saturated rings. The van der Waals surface area contributed by atoms with Crippen molar-refractivity contribution >= 4 is 11.6 Å². The SMILES string of the molecule is CC(C)Oc1ccc(NC(N)=NC2CC23CC3)cc1. The van der Waals surface area contributed by atoms with Crippen LogP contribution in [0, 0.1) is 5.41 Å². The molecule has 0 aromatic heterocycles. The summed E-state index contributed by atoms with van der Waals surface area (Å²) in [7, 11) is 0. The van der Waals surface area contributed by atoms with Gasteiger partial charge < -0.3 is 15.8 Å². The normalized spacial score (nSPS) is 23.5. The van der Waals surface area contributed by atoms with E-state index in [2.05, 4.69) is 10.3 Å². The van der Waals surface area contributed by atoms with Crippen molar-refractivity contribution in [3.63, 3.8) is 0 Å². The van der Waals surface area contributed by atoms with Gasteiger partial charge in [0, 0.05) is 5.69 Å². The van der Waals surface area contributed by atoms with Crippen LogP contribution in [0.1, 0.15) is 33.1 Å². The maximum Gasteiger partial charge on any atom is 0.193 e. The Kier molecular flexibility index (Phi) is 2.88. The first kappa shape index (κ1) is 12.3. The summed E-state index contributed by atoms with van der Waals surface area (Å²) in [6.45, 7) is 4.03. The molecule has 3 N–H and O–H groups in total. The molecule has 0 aliphatic heterocycles. The van der Waals surface area contributed by atoms with Gasteiger partial charge in [-0.2, -0.15) is 0 Å². The standard InChI is InChI=1S/C15H21N3O/c1-10(2)19-12-5-3-11(4-6-12)17-14(16)18-13-9-15(13)7-8-15/h3-6,10,13H,7-9H2,1-2H3,(H3,16,17,18). The highest BCUT2D eigenvalue weighted by atomic mass is 16.5. The van der Waals surface area contributed by atoms with Gasteiger partial charge in [-0.15, -0.1) is 0 Å². The van der Waals surface area contributed by atoms with Crippen LogP contribution in [-0.4, -0.2) is 18.1 Å². The fourth-order valence-corrected chi connectivity index (χ4v) is 2.44. The molecule has 0 saturated heterocycles. The van der Waals surface area contributed by atoms with Gasteiger partial charge in [-0.1, -0.05) is 0 Å². The summed E-state index contributed by atoms with van der Waals surface area (Å²) >= 11 is 0. The van der Waals surface area contributed by atoms with E-state index < -0.39 is 0 Å². The second-order valence-electron chi connectivity index (χ2n) is 5.91. The highest BCUT2D eigenvalue weighted by Crippen LogP contribution is 2.67. The molecule has 0 bridgehead atoms. The molecule has 3 rings (SSSR count). The van der Waals surface area contributed by atoms with Gasteiger partial charge in [0.25, 0.3) is 0 Å². The van der Waals surface area contributed by atoms with E-state index in [-0.39, 0.29) is 6.10 Å². The Balaban J connectivity index is 1.57. The summed E-state index contributed by atoms with van der Waals surface area (Å²) in [4.78, 5) is 4.52. The number of hydrogen-bond acceptors (Lipinski definition) is 2. The number of aliphatic imine (C=N–C) groups is 1. The summed E-state index contributed by atoms with van der Waals surface area (Å²) in [5, 5.41) is 3.13. The number of anilines is 1. The molecular weight excluding hydrogens is 238 g/mol. The van der Waals surface area contributed by atoms with Crippen molar-refractivity contribution in [1.82, 2.24) is 0 Å². The van der Waals surface area contributed by atoms with Crippen molar-refractivity contribution in [2.75, 3.05) is 5.32 Å². The number of ether oxygens (including phenoxy) is 1. The van der Waals surface area contributed by atoms with Crippen molar-refractivity contribution in [2.24, 2.45) is 16.1 Å². The van der Waals surface area contributed by atoms with Gasteiger partial charge in [0.15, 0.2) is 5.96 Å². The Morgan fingerprint density at radius 2 is 2.05 bits per heavy atom. The molecule has 0 radical (unpaired) electrons. The summed E-state index contributed by atoms with van der Waals surface area (Å²) in [6, 6.07) is 8.26. The van der Waals surface area contributed by atoms with Crippen LogP contribution in [0.2, 0.25) is 0 Å². The zero-order chi connectivity index (χ0) is 13.5. The van der Waals surface area contributed by atoms with Crippen LogP contribution in [-0.2, 0) is 0 Å². The minimum absolute atomic E-state index is 0.190. The van der Waals surface area contributed by atoms with Gasteiger partial charge in [0.1, 0.15) is 5.75 Å². The summed E-state index contributed by atoms with van der Waals surface area (Å²) in [6.07, 6.45) is 4.07. The van der Waals surface area contributed by atoms with Crippen LogP contribution < -0.4 is 15.8 Å². The number of hydrogen-bond donors (Lipinski definition) is 2. The lowest BCUT2D eigenvalue weighted by molar-refractivity contribution is 0.242. The maximum absolute atomic E-state index is 5.92. The zero-order valence-corrected chi connectivity index (χ0v) is 11.5. The van der Waals surface area contributed by atoms with E-state index in [1.165, 1.54) is 19.3 Å². The molecule has 2 aliphatic carbocycles. The molecule has 2 aliphatic rings. The minimum Gasteiger partial charge on any atom is -0.491 e. The van der Waals surface area contributed by atoms with E-state index in [4.69, 9.17) is 10.5 Å². The predicted molar refractivity (Wildman–Crippen MR) is 77.5 cm³/mol. The largest absolute Gasteiger partial charge is 0.491 e. The van der Waals surface area contributed by atoms with E-state index in [9.17, 15) is 0 Å². The summed E-state index contributed by atoms with van der Waals surface area (Å²) in [5.41, 5.74) is 7.43. The van der Waals surface area contributed by atoms with Gasteiger partial charge in [-0.3, -0.25) is 0 Å². The Morgan fingerprint density at radius 1 is 1.37 bits per heavy atom. The van der Waals surface area contributed by atoms with Crippen LogP contribution in [0.5, 0.6) is 5.75 Å². The first-order valence-electron chi connectivity index (χ1n) is 6.94. The van der Waals surface area contributed by atoms with Crippen LogP contribution in [0.3, 0.4) is 0 Å². The fourth-order valence-electron chi connectivity index (χ4n) is 2.44. The quantitative estimate of drug-likeness (QED) is 0.645. The highest BCUT2D eigenvalue weighted by molar-refractivity contribution is 5.92. The van der Waals surface area contributed by atoms with Gasteiger partial charge in [0.05, 0.1) is 12.1 Å². The van der Waals surface area contributed by atoms with Crippen molar-refractivity contribution in [3.8, 4) is 5.75 Å². The van der Waals surface area contributed by atoms with Crippen molar-refractivity contribution in [1.29, 1.82) is 0 Å². The van der Waals surface area contributed by atoms with Gasteiger partial charge in [0.2, 0.25) is 0 Å². The predicted octanol–water partition coefficient (Wildman–Crippen LogP) is 2.75. The zero-order valence-electron chi connectivity index (χ0n) is 11.5.